The minimum Gasteiger partial charge on any atom is -0.389 e. The summed E-state index contributed by atoms with van der Waals surface area (Å²) in [6.07, 6.45) is -0.434. The van der Waals surface area contributed by atoms with Crippen molar-refractivity contribution in [3.63, 3.8) is 0 Å². The van der Waals surface area contributed by atoms with Gasteiger partial charge in [-0.05, 0) is 6.92 Å². The maximum absolute atomic E-state index is 9.26. The highest BCUT2D eigenvalue weighted by Crippen LogP contribution is 1.96. The fraction of sp³-hybridized carbons (Fsp3) is 0.750. The average molecular weight is 238 g/mol. The molecule has 12 heavy (non-hydrogen) atoms. The van der Waals surface area contributed by atoms with E-state index in [0.29, 0.717) is 26.3 Å². The Morgan fingerprint density at radius 1 is 1.75 bits per heavy atom. The van der Waals surface area contributed by atoms with Crippen LogP contribution >= 0.6 is 15.9 Å². The molecule has 0 amide bonds. The molecule has 0 aliphatic carbocycles. The summed E-state index contributed by atoms with van der Waals surface area (Å²) < 4.78 is 5.91. The normalized spacial score (nSPS) is 12.9. The van der Waals surface area contributed by atoms with E-state index in [1.807, 2.05) is 6.92 Å². The van der Waals surface area contributed by atoms with Crippen molar-refractivity contribution in [3.8, 4) is 0 Å². The van der Waals surface area contributed by atoms with E-state index in [9.17, 15) is 5.11 Å². The Hall–Kier alpha value is 0.1000. The Kier molecular flexibility index (Phi) is 7.80. The van der Waals surface area contributed by atoms with Gasteiger partial charge in [0.05, 0.1) is 12.7 Å². The van der Waals surface area contributed by atoms with Gasteiger partial charge in [0.2, 0.25) is 0 Å². The van der Waals surface area contributed by atoms with Gasteiger partial charge in [0.15, 0.2) is 0 Å². The third-order valence-corrected chi connectivity index (χ3v) is 1.49. The maximum atomic E-state index is 9.26. The highest BCUT2D eigenvalue weighted by molar-refractivity contribution is 9.11. The molecule has 0 fully saturated rings. The molecule has 0 aliphatic heterocycles. The quantitative estimate of drug-likeness (QED) is 0.691. The molecular formula is C8H16BrNO2. The van der Waals surface area contributed by atoms with Gasteiger partial charge in [-0.25, -0.2) is 0 Å². The summed E-state index contributed by atoms with van der Waals surface area (Å²) >= 11 is 3.21. The third-order valence-electron chi connectivity index (χ3n) is 1.21. The Labute approximate surface area is 81.9 Å². The number of ether oxygens (including phenoxy) is 1. The monoisotopic (exact) mass is 237 g/mol. The van der Waals surface area contributed by atoms with Gasteiger partial charge in [0.25, 0.3) is 0 Å². The number of halogens is 1. The Balaban J connectivity index is 3.19. The van der Waals surface area contributed by atoms with Crippen LogP contribution < -0.4 is 5.32 Å². The first kappa shape index (κ1) is 12.1. The number of rotatable bonds is 7. The standard InChI is InChI=1S/C8H16BrNO2/c1-3-12-6-8(11)5-10-4-7(2)9/h8,10-11H,2-6H2,1H3. The second kappa shape index (κ2) is 7.73. The lowest BCUT2D eigenvalue weighted by Gasteiger charge is -2.10. The maximum Gasteiger partial charge on any atom is 0.0897 e. The lowest BCUT2D eigenvalue weighted by Crippen LogP contribution is -2.31. The molecule has 0 heterocycles. The first-order valence-corrected chi connectivity index (χ1v) is 4.76. The molecule has 1 unspecified atom stereocenters. The van der Waals surface area contributed by atoms with Crippen molar-refractivity contribution in [2.45, 2.75) is 13.0 Å². The summed E-state index contributed by atoms with van der Waals surface area (Å²) in [6.45, 7) is 7.79. The largest absolute Gasteiger partial charge is 0.389 e. The van der Waals surface area contributed by atoms with Gasteiger partial charge < -0.3 is 15.2 Å². The molecule has 0 spiro atoms. The van der Waals surface area contributed by atoms with Gasteiger partial charge in [-0.1, -0.05) is 22.5 Å². The van der Waals surface area contributed by atoms with Crippen LogP contribution in [0.4, 0.5) is 0 Å². The van der Waals surface area contributed by atoms with Crippen molar-refractivity contribution in [2.75, 3.05) is 26.3 Å². The number of aliphatic hydroxyl groups is 1. The van der Waals surface area contributed by atoms with E-state index >= 15 is 0 Å². The molecule has 1 atom stereocenters. The van der Waals surface area contributed by atoms with Gasteiger partial charge >= 0.3 is 0 Å². The molecule has 0 rings (SSSR count). The molecule has 0 aromatic carbocycles. The highest BCUT2D eigenvalue weighted by Gasteiger charge is 2.01. The smallest absolute Gasteiger partial charge is 0.0897 e. The molecule has 4 heteroatoms. The second-order valence-electron chi connectivity index (χ2n) is 2.46. The van der Waals surface area contributed by atoms with Crippen LogP contribution in [0.15, 0.2) is 11.1 Å². The molecule has 3 nitrogen and oxygen atoms in total. The van der Waals surface area contributed by atoms with Gasteiger partial charge in [0, 0.05) is 24.2 Å². The Morgan fingerprint density at radius 2 is 2.42 bits per heavy atom. The van der Waals surface area contributed by atoms with Crippen molar-refractivity contribution < 1.29 is 9.84 Å². The van der Waals surface area contributed by atoms with E-state index in [0.717, 1.165) is 4.48 Å². The molecule has 0 radical (unpaired) electrons. The van der Waals surface area contributed by atoms with Crippen LogP contribution in [-0.2, 0) is 4.74 Å². The molecule has 0 aliphatic rings. The summed E-state index contributed by atoms with van der Waals surface area (Å²) in [6, 6.07) is 0. The van der Waals surface area contributed by atoms with Crippen molar-refractivity contribution >= 4 is 15.9 Å². The van der Waals surface area contributed by atoms with Crippen molar-refractivity contribution in [1.82, 2.24) is 5.32 Å². The fourth-order valence-electron chi connectivity index (χ4n) is 0.687. The highest BCUT2D eigenvalue weighted by atomic mass is 79.9. The lowest BCUT2D eigenvalue weighted by atomic mass is 10.4. The Bertz CT molecular complexity index is 130. The predicted molar refractivity (Wildman–Crippen MR) is 53.4 cm³/mol. The van der Waals surface area contributed by atoms with Crippen LogP contribution in [0.25, 0.3) is 0 Å². The number of aliphatic hydroxyl groups excluding tert-OH is 1. The summed E-state index contributed by atoms with van der Waals surface area (Å²) in [5.41, 5.74) is 0. The van der Waals surface area contributed by atoms with Gasteiger partial charge in [-0.15, -0.1) is 0 Å². The van der Waals surface area contributed by atoms with Crippen LogP contribution in [0.2, 0.25) is 0 Å². The van der Waals surface area contributed by atoms with Gasteiger partial charge in [0.1, 0.15) is 0 Å². The number of hydrogen-bond donors (Lipinski definition) is 2. The van der Waals surface area contributed by atoms with E-state index in [1.165, 1.54) is 0 Å². The molecule has 0 bridgehead atoms. The van der Waals surface area contributed by atoms with Crippen LogP contribution in [0.1, 0.15) is 6.92 Å². The molecular weight excluding hydrogens is 222 g/mol. The lowest BCUT2D eigenvalue weighted by molar-refractivity contribution is 0.0433. The first-order chi connectivity index (χ1) is 5.66. The number of hydrogen-bond acceptors (Lipinski definition) is 3. The molecule has 0 saturated carbocycles. The van der Waals surface area contributed by atoms with E-state index < -0.39 is 6.10 Å². The minimum absolute atomic E-state index is 0.387. The second-order valence-corrected chi connectivity index (χ2v) is 3.58. The zero-order valence-corrected chi connectivity index (χ0v) is 8.93. The zero-order chi connectivity index (χ0) is 9.40. The molecule has 2 N–H and O–H groups in total. The summed E-state index contributed by atoms with van der Waals surface area (Å²) in [5.74, 6) is 0. The van der Waals surface area contributed by atoms with Crippen LogP contribution in [-0.4, -0.2) is 37.5 Å². The summed E-state index contributed by atoms with van der Waals surface area (Å²) in [5, 5.41) is 12.3. The molecule has 0 aromatic heterocycles. The van der Waals surface area contributed by atoms with Crippen LogP contribution in [0.5, 0.6) is 0 Å². The first-order valence-electron chi connectivity index (χ1n) is 3.96. The van der Waals surface area contributed by atoms with Crippen molar-refractivity contribution in [2.24, 2.45) is 0 Å². The van der Waals surface area contributed by atoms with Gasteiger partial charge in [-0.2, -0.15) is 0 Å². The van der Waals surface area contributed by atoms with Crippen LogP contribution in [0.3, 0.4) is 0 Å². The third kappa shape index (κ3) is 8.20. The average Bonchev–Trinajstić information content (AvgIpc) is 2.00. The van der Waals surface area contributed by atoms with Crippen LogP contribution in [0, 0.1) is 0 Å². The van der Waals surface area contributed by atoms with E-state index in [2.05, 4.69) is 27.8 Å². The minimum atomic E-state index is -0.434. The predicted octanol–water partition coefficient (Wildman–Crippen LogP) is 0.882. The molecule has 72 valence electrons. The van der Waals surface area contributed by atoms with Crippen molar-refractivity contribution in [3.05, 3.63) is 11.1 Å². The Morgan fingerprint density at radius 3 is 2.92 bits per heavy atom. The van der Waals surface area contributed by atoms with E-state index in [-0.39, 0.29) is 0 Å². The van der Waals surface area contributed by atoms with Gasteiger partial charge in [-0.3, -0.25) is 0 Å². The zero-order valence-electron chi connectivity index (χ0n) is 7.35. The van der Waals surface area contributed by atoms with Crippen molar-refractivity contribution in [1.29, 1.82) is 0 Å². The summed E-state index contributed by atoms with van der Waals surface area (Å²) in [7, 11) is 0. The fourth-order valence-corrected chi connectivity index (χ4v) is 0.885. The molecule has 0 aromatic rings. The summed E-state index contributed by atoms with van der Waals surface area (Å²) in [4.78, 5) is 0. The van der Waals surface area contributed by atoms with E-state index in [1.54, 1.807) is 0 Å². The SMILES string of the molecule is C=C(Br)CNCC(O)COCC. The van der Waals surface area contributed by atoms with E-state index in [4.69, 9.17) is 4.74 Å². The topological polar surface area (TPSA) is 41.5 Å². The number of nitrogens with one attached hydrogen (secondary N) is 1. The molecule has 0 saturated heterocycles.